The molecule has 22 heteroatoms. The van der Waals surface area contributed by atoms with E-state index in [9.17, 15) is 47.9 Å². The van der Waals surface area contributed by atoms with Crippen LogP contribution in [0.15, 0.2) is 267 Å². The first-order valence-electron chi connectivity index (χ1n) is 50.0. The molecule has 0 saturated heterocycles. The van der Waals surface area contributed by atoms with Gasteiger partial charge in [0.05, 0.1) is 54.7 Å². The van der Waals surface area contributed by atoms with Crippen molar-refractivity contribution in [1.29, 1.82) is 0 Å². The fourth-order valence-electron chi connectivity index (χ4n) is 14.1. The molecule has 0 bridgehead atoms. The minimum Gasteiger partial charge on any atom is -0.486 e. The summed E-state index contributed by atoms with van der Waals surface area (Å²) in [5.41, 5.74) is 1.05. The van der Waals surface area contributed by atoms with Crippen molar-refractivity contribution < 1.29 is 105 Å². The van der Waals surface area contributed by atoms with Gasteiger partial charge in [-0.15, -0.1) is 0 Å². The van der Waals surface area contributed by atoms with Gasteiger partial charge >= 0.3 is 59.7 Å². The summed E-state index contributed by atoms with van der Waals surface area (Å²) in [6, 6.07) is 68.0. The molecule has 0 radical (unpaired) electrons. The van der Waals surface area contributed by atoms with Gasteiger partial charge < -0.3 is 56.8 Å². The molecule has 0 N–H and O–H groups in total. The molecule has 4 aliphatic carbocycles. The summed E-state index contributed by atoms with van der Waals surface area (Å²) in [5.74, 6) is 1.22. The van der Waals surface area contributed by atoms with Crippen LogP contribution in [-0.4, -0.2) is 77.0 Å². The molecule has 0 aromatic heterocycles. The van der Waals surface area contributed by atoms with E-state index >= 15 is 0 Å². The highest BCUT2D eigenvalue weighted by Crippen LogP contribution is 2.43. The van der Waals surface area contributed by atoms with E-state index in [1.807, 2.05) is 288 Å². The van der Waals surface area contributed by atoms with Crippen LogP contribution in [0.4, 0.5) is 0 Å². The van der Waals surface area contributed by atoms with Gasteiger partial charge in [0.2, 0.25) is 0 Å². The number of fused-ring (bicyclic) bond motifs is 1. The summed E-state index contributed by atoms with van der Waals surface area (Å²) in [6.45, 7) is 51.5. The Hall–Kier alpha value is -13.5. The van der Waals surface area contributed by atoms with Gasteiger partial charge in [-0.2, -0.15) is 0 Å². The highest BCUT2D eigenvalue weighted by molar-refractivity contribution is 5.93. The summed E-state index contributed by atoms with van der Waals surface area (Å²) < 4.78 is 66.9. The van der Waals surface area contributed by atoms with Crippen LogP contribution in [-0.2, 0) is 70.9 Å². The van der Waals surface area contributed by atoms with Crippen molar-refractivity contribution >= 4 is 59.7 Å². The molecule has 770 valence electrons. The molecular formula is C122H150O22. The van der Waals surface area contributed by atoms with Gasteiger partial charge in [-0.1, -0.05) is 145 Å². The lowest BCUT2D eigenvalue weighted by Crippen LogP contribution is -2.30. The monoisotopic (exact) mass is 1970 g/mol. The van der Waals surface area contributed by atoms with Crippen molar-refractivity contribution in [3.63, 3.8) is 0 Å². The van der Waals surface area contributed by atoms with Crippen LogP contribution < -0.4 is 37.9 Å². The third kappa shape index (κ3) is 33.6. The first-order chi connectivity index (χ1) is 67.6. The first kappa shape index (κ1) is 116. The Kier molecular flexibility index (Phi) is 40.7. The van der Waals surface area contributed by atoms with E-state index in [0.717, 1.165) is 104 Å². The quantitative estimate of drug-likeness (QED) is 0.0164. The van der Waals surface area contributed by atoms with Crippen LogP contribution in [0.25, 0.3) is 0 Å². The van der Waals surface area contributed by atoms with Crippen molar-refractivity contribution in [3.8, 4) is 46.0 Å². The van der Waals surface area contributed by atoms with Crippen molar-refractivity contribution in [3.05, 3.63) is 311 Å². The standard InChI is InChI=1S/C23H26O4.C22H26O4.C21H26O3.C20H26O4.C19H24O4.C17H22O3/c1-5-22(2,3)21(25)26-18-12-10-17(11-13-18)20(24)27-23(4)15-14-16-8-6-7-9-19(16)23;1-6-21(2,3)20(24)25-18-14-12-16(13-15-18)19(23)26-22(4,5)17-10-8-7-9-11-17;1-6-20(2,3)19(22)23-17-12-14-18(15-13-17)24-21(4,5)16-10-8-7-9-11-16;1-6-19(3,4)18(22)23-16-11-9-15(10-12-16)17(21)24-20(5)13-7-8-14(20)2;1-5-18(2,3)17(21)22-15-10-8-14(9-11-15)16(20)23-19(4)12-6-7-13-19;1-4-17(2,3)16(18)20-15-11-9-14(10-12-15)19-13-7-5-6-8-13/h6-13H,5,14-15H2,1-4H3;7-15H,6H2,1-5H3;7-15H,6H2,1-5H3;9-12H,2,6-8,13H2,1,3-5H3;6,8-12H,5,7,13H2,1-4H3;5,7,9-13H,4,6,8H2,1-3H3. The Morgan fingerprint density at radius 1 is 0.319 bits per heavy atom. The lowest BCUT2D eigenvalue weighted by atomic mass is 9.91. The van der Waals surface area contributed by atoms with Gasteiger partial charge in [0.1, 0.15) is 80.1 Å². The topological polar surface area (TPSA) is 281 Å². The fraction of sp³-hybridized carbons (Fsp3) is 0.426. The number of aryl methyl sites for hydroxylation is 1. The number of hydrogen-bond acceptors (Lipinski definition) is 22. The summed E-state index contributed by atoms with van der Waals surface area (Å²) in [5, 5.41) is 0. The molecule has 0 aliphatic heterocycles. The molecule has 0 heterocycles. The molecule has 1 fully saturated rings. The second-order valence-electron chi connectivity index (χ2n) is 42.2. The molecule has 22 nitrogen and oxygen atoms in total. The average Bonchev–Trinajstić information content (AvgIpc) is 1.62. The molecule has 13 rings (SSSR count). The fourth-order valence-corrected chi connectivity index (χ4v) is 14.1. The number of rotatable bonds is 32. The smallest absolute Gasteiger partial charge is 0.339 e. The maximum atomic E-state index is 12.6. The number of allylic oxidation sites excluding steroid dienone is 2. The predicted octanol–water partition coefficient (Wildman–Crippen LogP) is 28.6. The Bertz CT molecular complexity index is 5880. The molecule has 144 heavy (non-hydrogen) atoms. The minimum absolute atomic E-state index is 0.169. The Balaban J connectivity index is 0.000000212. The zero-order valence-corrected chi connectivity index (χ0v) is 89.1. The minimum atomic E-state index is -0.741. The van der Waals surface area contributed by atoms with E-state index in [1.54, 1.807) is 121 Å². The van der Waals surface area contributed by atoms with Crippen LogP contribution in [0.1, 0.15) is 327 Å². The molecule has 4 unspecified atom stereocenters. The zero-order valence-electron chi connectivity index (χ0n) is 89.1. The van der Waals surface area contributed by atoms with Crippen molar-refractivity contribution in [2.24, 2.45) is 32.5 Å². The van der Waals surface area contributed by atoms with Crippen LogP contribution in [0.5, 0.6) is 46.0 Å². The van der Waals surface area contributed by atoms with Gasteiger partial charge in [0.15, 0.2) is 0 Å². The van der Waals surface area contributed by atoms with E-state index in [4.69, 9.17) is 56.8 Å². The SMILES string of the molecule is C=C1CCCC1(C)OC(=O)c1ccc(OC(=O)C(C)(C)CC)cc1.CCC(C)(C)C(=O)Oc1ccc(C(=O)OC(C)(C)c2ccccc2)cc1.CCC(C)(C)C(=O)Oc1ccc(C(=O)OC2(C)C=CCC2)cc1.CCC(C)(C)C(=O)Oc1ccc(C(=O)OC2(C)CCc3ccccc32)cc1.CCC(C)(C)C(=O)Oc1ccc(OC(C)(C)c2ccccc2)cc1.CCC(C)(C)C(=O)Oc1ccc(OC2C=CCC2)cc1. The van der Waals surface area contributed by atoms with Gasteiger partial charge in [0, 0.05) is 0 Å². The summed E-state index contributed by atoms with van der Waals surface area (Å²) in [7, 11) is 0. The third-order valence-corrected chi connectivity index (χ3v) is 27.4. The van der Waals surface area contributed by atoms with E-state index < -0.39 is 66.5 Å². The van der Waals surface area contributed by atoms with E-state index in [1.165, 1.54) is 5.56 Å². The van der Waals surface area contributed by atoms with E-state index in [0.29, 0.717) is 82.4 Å². The van der Waals surface area contributed by atoms with Crippen molar-refractivity contribution in [1.82, 2.24) is 0 Å². The molecule has 9 aromatic carbocycles. The van der Waals surface area contributed by atoms with E-state index in [-0.39, 0.29) is 59.8 Å². The normalized spacial score (nSPS) is 16.8. The highest BCUT2D eigenvalue weighted by atomic mass is 16.6. The molecular weight excluding hydrogens is 1820 g/mol. The van der Waals surface area contributed by atoms with Gasteiger partial charge in [-0.3, -0.25) is 28.8 Å². The molecule has 0 spiro atoms. The average molecular weight is 1970 g/mol. The molecule has 4 aliphatic rings. The molecule has 9 aromatic rings. The van der Waals surface area contributed by atoms with Crippen LogP contribution in [0.2, 0.25) is 0 Å². The third-order valence-electron chi connectivity index (χ3n) is 27.4. The Morgan fingerprint density at radius 2 is 0.632 bits per heavy atom. The predicted molar refractivity (Wildman–Crippen MR) is 561 cm³/mol. The Labute approximate surface area is 853 Å². The van der Waals surface area contributed by atoms with Crippen molar-refractivity contribution in [2.45, 2.75) is 304 Å². The highest BCUT2D eigenvalue weighted by Gasteiger charge is 2.41. The van der Waals surface area contributed by atoms with Crippen LogP contribution in [0.3, 0.4) is 0 Å². The van der Waals surface area contributed by atoms with Gasteiger partial charge in [-0.05, 0) is 413 Å². The molecule has 4 atom stereocenters. The van der Waals surface area contributed by atoms with Gasteiger partial charge in [0.25, 0.3) is 0 Å². The maximum Gasteiger partial charge on any atom is 0.339 e. The van der Waals surface area contributed by atoms with E-state index in [2.05, 4.69) is 24.8 Å². The zero-order chi connectivity index (χ0) is 106. The Morgan fingerprint density at radius 3 is 0.958 bits per heavy atom. The maximum absolute atomic E-state index is 12.6. The number of carbonyl (C=O) groups excluding carboxylic acids is 10. The lowest BCUT2D eigenvalue weighted by Gasteiger charge is -2.27. The summed E-state index contributed by atoms with van der Waals surface area (Å²) in [4.78, 5) is 122. The van der Waals surface area contributed by atoms with Crippen LogP contribution >= 0.6 is 0 Å². The number of carbonyl (C=O) groups is 10. The number of benzene rings is 9. The second-order valence-corrected chi connectivity index (χ2v) is 42.2. The molecule has 1 saturated carbocycles. The molecule has 0 amide bonds. The summed E-state index contributed by atoms with van der Waals surface area (Å²) >= 11 is 0. The number of ether oxygens (including phenoxy) is 12. The van der Waals surface area contributed by atoms with Gasteiger partial charge in [-0.25, -0.2) is 19.2 Å². The second kappa shape index (κ2) is 50.6. The number of esters is 10. The number of hydrogen-bond donors (Lipinski definition) is 0. The van der Waals surface area contributed by atoms with Crippen molar-refractivity contribution in [2.75, 3.05) is 0 Å². The lowest BCUT2D eigenvalue weighted by molar-refractivity contribution is -0.144. The first-order valence-corrected chi connectivity index (χ1v) is 50.0. The largest absolute Gasteiger partial charge is 0.486 e. The van der Waals surface area contributed by atoms with Crippen LogP contribution in [0, 0.1) is 32.5 Å². The summed E-state index contributed by atoms with van der Waals surface area (Å²) in [6.07, 6.45) is 20.8.